The van der Waals surface area contributed by atoms with Crippen LogP contribution in [-0.4, -0.2) is 46.4 Å². The minimum Gasteiger partial charge on any atom is -0.480 e. The fraction of sp³-hybridized carbons (Fsp3) is 0.200. The Morgan fingerprint density at radius 1 is 1.00 bits per heavy atom. The van der Waals surface area contributed by atoms with E-state index in [4.69, 9.17) is 0 Å². The van der Waals surface area contributed by atoms with Crippen LogP contribution in [0.2, 0.25) is 0 Å². The Hall–Kier alpha value is -3.87. The molecular formula is C25H23N5O5S2. The van der Waals surface area contributed by atoms with Crippen molar-refractivity contribution in [3.05, 3.63) is 72.3 Å². The van der Waals surface area contributed by atoms with Crippen LogP contribution in [0.25, 0.3) is 22.2 Å². The Bertz CT molecular complexity index is 1570. The summed E-state index contributed by atoms with van der Waals surface area (Å²) in [6.45, 7) is 0. The van der Waals surface area contributed by atoms with E-state index in [1.807, 2.05) is 30.3 Å². The maximum absolute atomic E-state index is 13.0. The van der Waals surface area contributed by atoms with Crippen LogP contribution in [0.1, 0.15) is 18.4 Å². The monoisotopic (exact) mass is 537 g/mol. The molecule has 1 aromatic heterocycles. The smallest absolute Gasteiger partial charge is 0.322 e. The van der Waals surface area contributed by atoms with Crippen molar-refractivity contribution < 1.29 is 23.1 Å². The van der Waals surface area contributed by atoms with E-state index in [1.165, 1.54) is 12.1 Å². The number of sulfonamides is 1. The molecule has 2 amide bonds. The summed E-state index contributed by atoms with van der Waals surface area (Å²) in [6, 6.07) is 17.8. The molecule has 12 heteroatoms. The molecular weight excluding hydrogens is 514 g/mol. The number of hydrogen-bond donors (Lipinski definition) is 4. The molecule has 37 heavy (non-hydrogen) atoms. The van der Waals surface area contributed by atoms with Crippen LogP contribution in [-0.2, 0) is 21.2 Å². The predicted octanol–water partition coefficient (Wildman–Crippen LogP) is 3.62. The lowest BCUT2D eigenvalue weighted by Gasteiger charge is -2.15. The number of hydrogen-bond acceptors (Lipinski definition) is 7. The number of nitrogens with one attached hydrogen (secondary N) is 3. The molecule has 0 aliphatic heterocycles. The van der Waals surface area contributed by atoms with Crippen LogP contribution < -0.4 is 15.4 Å². The molecule has 0 saturated heterocycles. The Morgan fingerprint density at radius 2 is 1.76 bits per heavy atom. The fourth-order valence-electron chi connectivity index (χ4n) is 3.85. The van der Waals surface area contributed by atoms with Gasteiger partial charge in [-0.05, 0) is 60.2 Å². The number of aliphatic carboxylic acids is 1. The fourth-order valence-corrected chi connectivity index (χ4v) is 5.81. The van der Waals surface area contributed by atoms with Crippen molar-refractivity contribution >= 4 is 50.5 Å². The van der Waals surface area contributed by atoms with E-state index in [2.05, 4.69) is 24.1 Å². The molecule has 3 aromatic carbocycles. The van der Waals surface area contributed by atoms with Crippen LogP contribution in [0.4, 0.5) is 10.5 Å². The maximum atomic E-state index is 13.0. The van der Waals surface area contributed by atoms with Crippen LogP contribution in [0.5, 0.6) is 0 Å². The van der Waals surface area contributed by atoms with Gasteiger partial charge in [-0.15, -0.1) is 0 Å². The first-order valence-corrected chi connectivity index (χ1v) is 13.7. The molecule has 1 atom stereocenters. The minimum atomic E-state index is -4.16. The van der Waals surface area contributed by atoms with Gasteiger partial charge in [0, 0.05) is 11.7 Å². The van der Waals surface area contributed by atoms with Gasteiger partial charge in [0.2, 0.25) is 10.0 Å². The molecule has 10 nitrogen and oxygen atoms in total. The largest absolute Gasteiger partial charge is 0.480 e. The van der Waals surface area contributed by atoms with Gasteiger partial charge in [-0.2, -0.15) is 13.5 Å². The van der Waals surface area contributed by atoms with Gasteiger partial charge in [0.1, 0.15) is 22.0 Å². The zero-order valence-corrected chi connectivity index (χ0v) is 21.1. The first kappa shape index (κ1) is 24.8. The molecule has 1 heterocycles. The third-order valence-corrected chi connectivity index (χ3v) is 7.94. The molecule has 4 N–H and O–H groups in total. The highest BCUT2D eigenvalue weighted by atomic mass is 32.2. The maximum Gasteiger partial charge on any atom is 0.322 e. The molecule has 190 valence electrons. The Kier molecular flexibility index (Phi) is 6.87. The second kappa shape index (κ2) is 10.2. The van der Waals surface area contributed by atoms with Gasteiger partial charge < -0.3 is 15.7 Å². The molecule has 0 bridgehead atoms. The Labute approximate surface area is 217 Å². The second-order valence-electron chi connectivity index (χ2n) is 8.75. The second-order valence-corrected chi connectivity index (χ2v) is 11.0. The van der Waals surface area contributed by atoms with E-state index in [1.54, 1.807) is 24.3 Å². The van der Waals surface area contributed by atoms with Crippen molar-refractivity contribution in [2.75, 3.05) is 5.32 Å². The summed E-state index contributed by atoms with van der Waals surface area (Å²) >= 11 is 0.886. The number of urea groups is 1. The van der Waals surface area contributed by atoms with Crippen LogP contribution in [0, 0.1) is 0 Å². The van der Waals surface area contributed by atoms with Gasteiger partial charge in [-0.25, -0.2) is 13.2 Å². The zero-order chi connectivity index (χ0) is 26.0. The SMILES string of the molecule is O=C(Nc1cccc(-c2ccc(CC(NS(=O)(=O)c3cccc4nsnc34)C(=O)O)cc2)c1)NC1CC1. The van der Waals surface area contributed by atoms with Gasteiger partial charge in [0.25, 0.3) is 0 Å². The molecule has 1 unspecified atom stereocenters. The summed E-state index contributed by atoms with van der Waals surface area (Å²) in [7, 11) is -4.16. The average molecular weight is 538 g/mol. The number of carboxylic acid groups (broad SMARTS) is 1. The van der Waals surface area contributed by atoms with Gasteiger partial charge in [0.15, 0.2) is 0 Å². The normalized spacial score (nSPS) is 14.3. The third kappa shape index (κ3) is 5.93. The van der Waals surface area contributed by atoms with Crippen molar-refractivity contribution in [2.45, 2.75) is 36.2 Å². The molecule has 1 saturated carbocycles. The highest BCUT2D eigenvalue weighted by Gasteiger charge is 2.28. The predicted molar refractivity (Wildman–Crippen MR) is 140 cm³/mol. The van der Waals surface area contributed by atoms with Crippen molar-refractivity contribution in [3.8, 4) is 11.1 Å². The van der Waals surface area contributed by atoms with Gasteiger partial charge in [-0.1, -0.05) is 42.5 Å². The van der Waals surface area contributed by atoms with E-state index in [0.717, 1.165) is 35.7 Å². The number of carbonyl (C=O) groups is 2. The number of benzene rings is 3. The van der Waals surface area contributed by atoms with Gasteiger partial charge >= 0.3 is 12.0 Å². The lowest BCUT2D eigenvalue weighted by Crippen LogP contribution is -2.42. The summed E-state index contributed by atoms with van der Waals surface area (Å²) in [5.41, 5.74) is 3.67. The minimum absolute atomic E-state index is 0.0525. The molecule has 1 fully saturated rings. The molecule has 0 spiro atoms. The van der Waals surface area contributed by atoms with Crippen molar-refractivity contribution in [3.63, 3.8) is 0 Å². The van der Waals surface area contributed by atoms with E-state index >= 15 is 0 Å². The topological polar surface area (TPSA) is 150 Å². The van der Waals surface area contributed by atoms with Crippen LogP contribution in [0.15, 0.2) is 71.6 Å². The highest BCUT2D eigenvalue weighted by molar-refractivity contribution is 7.89. The number of carbonyl (C=O) groups excluding carboxylic acids is 1. The standard InChI is InChI=1S/C25H23N5O5S2/c31-24(32)21(30-37(34,35)22-6-2-5-20-23(22)29-36-28-20)13-15-7-9-16(10-8-15)17-3-1-4-19(14-17)27-25(33)26-18-11-12-18/h1-10,14,18,21,30H,11-13H2,(H,31,32)(H2,26,27,33). The van der Waals surface area contributed by atoms with Crippen LogP contribution in [0.3, 0.4) is 0 Å². The average Bonchev–Trinajstić information content (AvgIpc) is 3.55. The van der Waals surface area contributed by atoms with E-state index < -0.39 is 22.0 Å². The Morgan fingerprint density at radius 3 is 2.49 bits per heavy atom. The van der Waals surface area contributed by atoms with Gasteiger partial charge in [-0.3, -0.25) is 4.79 Å². The van der Waals surface area contributed by atoms with E-state index in [0.29, 0.717) is 16.8 Å². The molecule has 0 radical (unpaired) electrons. The number of amides is 2. The van der Waals surface area contributed by atoms with E-state index in [-0.39, 0.29) is 28.9 Å². The molecule has 1 aliphatic rings. The first-order chi connectivity index (χ1) is 17.8. The Balaban J connectivity index is 1.29. The molecule has 1 aliphatic carbocycles. The lowest BCUT2D eigenvalue weighted by molar-refractivity contribution is -0.138. The van der Waals surface area contributed by atoms with E-state index in [9.17, 15) is 23.1 Å². The summed E-state index contributed by atoms with van der Waals surface area (Å²) < 4.78 is 36.3. The summed E-state index contributed by atoms with van der Waals surface area (Å²) in [4.78, 5) is 23.8. The summed E-state index contributed by atoms with van der Waals surface area (Å²) in [5, 5.41) is 15.4. The van der Waals surface area contributed by atoms with Crippen molar-refractivity contribution in [1.82, 2.24) is 18.8 Å². The summed E-state index contributed by atoms with van der Waals surface area (Å²) in [6.07, 6.45) is 1.95. The zero-order valence-electron chi connectivity index (χ0n) is 19.4. The third-order valence-electron chi connectivity index (χ3n) is 5.89. The number of carboxylic acids is 1. The highest BCUT2D eigenvalue weighted by Crippen LogP contribution is 2.25. The molecule has 4 aromatic rings. The van der Waals surface area contributed by atoms with Gasteiger partial charge in [0.05, 0.1) is 11.7 Å². The number of rotatable bonds is 9. The summed E-state index contributed by atoms with van der Waals surface area (Å²) in [5.74, 6) is -1.29. The van der Waals surface area contributed by atoms with Crippen molar-refractivity contribution in [2.24, 2.45) is 0 Å². The number of anilines is 1. The first-order valence-electron chi connectivity index (χ1n) is 11.5. The molecule has 5 rings (SSSR count). The quantitative estimate of drug-likeness (QED) is 0.255. The van der Waals surface area contributed by atoms with Crippen molar-refractivity contribution in [1.29, 1.82) is 0 Å². The number of aromatic nitrogens is 2. The number of fused-ring (bicyclic) bond motifs is 1. The lowest BCUT2D eigenvalue weighted by atomic mass is 10.0. The van der Waals surface area contributed by atoms with Crippen LogP contribution >= 0.6 is 11.7 Å². The number of nitrogens with zero attached hydrogens (tertiary/aromatic N) is 2.